The summed E-state index contributed by atoms with van der Waals surface area (Å²) in [7, 11) is -5.06. The Hall–Kier alpha value is -2.59. The molecule has 3 unspecified atom stereocenters. The number of nitrogens with one attached hydrogen (secondary N) is 1. The molecule has 3 saturated heterocycles. The molecule has 4 aromatic rings. The largest absolute Gasteiger partial charge is 0.472 e. The van der Waals surface area contributed by atoms with Gasteiger partial charge in [-0.25, -0.2) is 43.2 Å². The fourth-order valence-electron chi connectivity index (χ4n) is 6.07. The Balaban J connectivity index is 0.00000378. The van der Waals surface area contributed by atoms with E-state index >= 15 is 8.78 Å². The van der Waals surface area contributed by atoms with Crippen LogP contribution in [0.1, 0.15) is 24.6 Å². The molecule has 3 fully saturated rings. The number of halogens is 2. The lowest BCUT2D eigenvalue weighted by Gasteiger charge is -2.28. The minimum Gasteiger partial charge on any atom is -0.365 e. The van der Waals surface area contributed by atoms with Crippen molar-refractivity contribution in [2.45, 2.75) is 62.1 Å². The van der Waals surface area contributed by atoms with Gasteiger partial charge in [0.25, 0.3) is 0 Å². The number of hydrogen-bond donors (Lipinski definition) is 3. The number of aryl methyl sites for hydroxylation is 1. The van der Waals surface area contributed by atoms with Gasteiger partial charge in [-0.3, -0.25) is 22.7 Å². The van der Waals surface area contributed by atoms with Gasteiger partial charge in [0.05, 0.1) is 31.6 Å². The summed E-state index contributed by atoms with van der Waals surface area (Å²) in [5, 5.41) is 3.16. The van der Waals surface area contributed by atoms with Crippen molar-refractivity contribution < 1.29 is 50.7 Å². The number of hydrogen-bond acceptors (Lipinski definition) is 15. The van der Waals surface area contributed by atoms with Gasteiger partial charge < -0.3 is 29.1 Å². The van der Waals surface area contributed by atoms with Gasteiger partial charge in [-0.15, -0.1) is 0 Å². The Kier molecular flexibility index (Phi) is 9.61. The van der Waals surface area contributed by atoms with E-state index in [1.165, 1.54) is 34.4 Å². The van der Waals surface area contributed by atoms with E-state index in [0.717, 1.165) is 0 Å². The number of ether oxygens (including phenoxy) is 2. The quantitative estimate of drug-likeness (QED) is 0.173. The molecule has 264 valence electrons. The van der Waals surface area contributed by atoms with Crippen molar-refractivity contribution in [3.05, 3.63) is 43.2 Å². The smallest absolute Gasteiger partial charge is 0.365 e. The summed E-state index contributed by atoms with van der Waals surface area (Å²) in [4.78, 5) is 47.6. The van der Waals surface area contributed by atoms with Crippen molar-refractivity contribution in [1.29, 1.82) is 0 Å². The molecule has 0 radical (unpaired) electrons. The highest BCUT2D eigenvalue weighted by Gasteiger charge is 2.54. The van der Waals surface area contributed by atoms with Crippen LogP contribution >= 0.6 is 28.0 Å². The lowest BCUT2D eigenvalue weighted by Crippen LogP contribution is -2.37. The molecule has 18 nitrogen and oxygen atoms in total. The molecule has 5 aliphatic heterocycles. The van der Waals surface area contributed by atoms with Crippen molar-refractivity contribution in [2.75, 3.05) is 25.1 Å². The highest BCUT2D eigenvalue weighted by molar-refractivity contribution is 8.07. The van der Waals surface area contributed by atoms with E-state index in [1.54, 1.807) is 0 Å². The van der Waals surface area contributed by atoms with Crippen molar-refractivity contribution in [2.24, 2.45) is 0 Å². The van der Waals surface area contributed by atoms with Crippen LogP contribution in [0.4, 0.5) is 14.6 Å². The second-order valence-corrected chi connectivity index (χ2v) is 15.5. The summed E-state index contributed by atoms with van der Waals surface area (Å²) in [5.74, 6) is 0.375. The highest BCUT2D eigenvalue weighted by atomic mass is 32.5. The van der Waals surface area contributed by atoms with E-state index in [2.05, 4.69) is 35.2 Å². The van der Waals surface area contributed by atoms with Gasteiger partial charge in [-0.05, 0) is 24.6 Å². The zero-order chi connectivity index (χ0) is 33.2. The number of fused-ring (bicyclic) bond motifs is 10. The van der Waals surface area contributed by atoms with Crippen LogP contribution < -0.4 is 5.32 Å². The first-order chi connectivity index (χ1) is 23.1. The average molecular weight is 764 g/mol. The van der Waals surface area contributed by atoms with Crippen molar-refractivity contribution >= 4 is 68.0 Å². The molecule has 9 rings (SSSR count). The molecule has 0 saturated carbocycles. The third-order valence-electron chi connectivity index (χ3n) is 8.29. The molecular weight excluding hydrogens is 734 g/mol. The van der Waals surface area contributed by atoms with E-state index in [0.29, 0.717) is 41.9 Å². The summed E-state index contributed by atoms with van der Waals surface area (Å²) in [5.41, 5.74) is 1.76. The summed E-state index contributed by atoms with van der Waals surface area (Å²) in [6, 6.07) is 0. The maximum atomic E-state index is 16.2. The van der Waals surface area contributed by atoms with Gasteiger partial charge >= 0.3 is 14.5 Å². The van der Waals surface area contributed by atoms with Crippen LogP contribution in [0, 0.1) is 0 Å². The van der Waals surface area contributed by atoms with E-state index in [9.17, 15) is 14.4 Å². The van der Waals surface area contributed by atoms with Gasteiger partial charge in [0, 0.05) is 6.54 Å². The zero-order valence-corrected chi connectivity index (χ0v) is 28.6. The van der Waals surface area contributed by atoms with Crippen molar-refractivity contribution in [3.63, 3.8) is 0 Å². The highest BCUT2D eigenvalue weighted by Crippen LogP contribution is 2.54. The number of aromatic nitrogens is 8. The molecule has 10 atom stereocenters. The molecule has 0 aromatic carbocycles. The number of rotatable bonds is 0. The summed E-state index contributed by atoms with van der Waals surface area (Å²) in [6.45, 7) is -5.35. The monoisotopic (exact) mass is 763 g/mol. The maximum Gasteiger partial charge on any atom is 0.472 e. The maximum absolute atomic E-state index is 16.2. The van der Waals surface area contributed by atoms with Crippen LogP contribution in [0.2, 0.25) is 0 Å². The fraction of sp³-hybridized carbons (Fsp3) is 0.520. The van der Waals surface area contributed by atoms with Gasteiger partial charge in [-0.2, -0.15) is 13.5 Å². The number of nitrogens with zero attached hydrogens (tertiary/aromatic N) is 8. The van der Waals surface area contributed by atoms with Crippen LogP contribution in [-0.2, 0) is 50.4 Å². The Labute approximate surface area is 287 Å². The van der Waals surface area contributed by atoms with E-state index < -0.39 is 77.0 Å². The Morgan fingerprint density at radius 2 is 1.45 bits per heavy atom. The zero-order valence-electron chi connectivity index (χ0n) is 25.0. The number of alkyl halides is 2. The van der Waals surface area contributed by atoms with E-state index in [1.807, 2.05) is 12.2 Å². The molecule has 0 spiro atoms. The molecule has 49 heavy (non-hydrogen) atoms. The summed E-state index contributed by atoms with van der Waals surface area (Å²) in [6.07, 6.45) is -3.20. The van der Waals surface area contributed by atoms with E-state index in [-0.39, 0.29) is 24.8 Å². The average Bonchev–Trinajstić information content (AvgIpc) is 3.81. The second kappa shape index (κ2) is 13.5. The minimum absolute atomic E-state index is 0. The number of imidazole rings is 2. The van der Waals surface area contributed by atoms with Crippen LogP contribution in [0.3, 0.4) is 0 Å². The normalized spacial score (nSPS) is 37.4. The second-order valence-electron chi connectivity index (χ2n) is 11.3. The molecule has 3 N–H and O–H groups in total. The van der Waals surface area contributed by atoms with Crippen LogP contribution in [0.25, 0.3) is 22.3 Å². The first kappa shape index (κ1) is 34.8. The number of phosphoric acid groups is 1. The van der Waals surface area contributed by atoms with Gasteiger partial charge in [0.1, 0.15) is 42.6 Å². The molecule has 0 amide bonds. The number of anilines is 1. The first-order valence-corrected chi connectivity index (χ1v) is 18.8. The summed E-state index contributed by atoms with van der Waals surface area (Å²) >= 11 is 5.19. The van der Waals surface area contributed by atoms with Crippen LogP contribution in [0.15, 0.2) is 37.5 Å². The predicted molar refractivity (Wildman–Crippen MR) is 173 cm³/mol. The Morgan fingerprint density at radius 1 is 0.837 bits per heavy atom. The van der Waals surface area contributed by atoms with Crippen LogP contribution in [-0.4, -0.2) is 105 Å². The molecular formula is C25H29F2N9O9P2S2. The molecule has 9 heterocycles. The summed E-state index contributed by atoms with van der Waals surface area (Å²) < 4.78 is 81.5. The first-order valence-electron chi connectivity index (χ1n) is 14.7. The SMILES string of the molecule is O=P1(O)OC[C@H]2OC3[C@H](F)[C@@H]2OP(O)(=S)OC[C@H]2O[C@H]([C@H](F)[C@@H]2O1)n1cnc2c(ncnc21)CC/C=C/CNc1ncnc2c1ncn23.S. The number of phosphoric ester groups is 1. The van der Waals surface area contributed by atoms with Gasteiger partial charge in [-0.1, -0.05) is 12.2 Å². The lowest BCUT2D eigenvalue weighted by atomic mass is 10.1. The number of allylic oxidation sites excluding steroid dienone is 1. The van der Waals surface area contributed by atoms with Crippen molar-refractivity contribution in [3.8, 4) is 0 Å². The third-order valence-corrected chi connectivity index (χ3v) is 10.8. The Bertz CT molecular complexity index is 1860. The van der Waals surface area contributed by atoms with Gasteiger partial charge in [0.15, 0.2) is 47.4 Å². The Morgan fingerprint density at radius 3 is 2.16 bits per heavy atom. The fourth-order valence-corrected chi connectivity index (χ4v) is 8.47. The standard InChI is InChI=1S/C25H27F2N9O9P2S.H2S/c26-15-19-14-7-41-47(39,48)45-20-13(6-40-46(37,38)44-19)42-25(16(20)27)36-11-34-18-21(30-9-32-23(18)36)28-5-3-1-2-4-12-17-22(31-8-29-12)35(10-33-17)24(15)43-14;/h1,3,8-11,13-16,19-20,24-25H,2,4-7H2,(H,37,38)(H,39,48)(H,28,30,32);1H2/b3-1+;/t13-,14-,15-,16-,19-,20-,24-,25?,47?;/m1./s1. The molecule has 14 bridgehead atoms. The topological polar surface area (TPSA) is 212 Å². The molecule has 0 aliphatic carbocycles. The molecule has 24 heteroatoms. The molecule has 5 aliphatic rings. The minimum atomic E-state index is -5.06. The lowest BCUT2D eigenvalue weighted by molar-refractivity contribution is -0.0623. The van der Waals surface area contributed by atoms with E-state index in [4.69, 9.17) is 39.4 Å². The van der Waals surface area contributed by atoms with Crippen molar-refractivity contribution in [1.82, 2.24) is 39.0 Å². The third kappa shape index (κ3) is 6.54. The van der Waals surface area contributed by atoms with Gasteiger partial charge in [0.2, 0.25) is 0 Å². The predicted octanol–water partition coefficient (Wildman–Crippen LogP) is 2.30. The molecule has 4 aromatic heterocycles. The van der Waals surface area contributed by atoms with Crippen LogP contribution in [0.5, 0.6) is 0 Å².